The summed E-state index contributed by atoms with van der Waals surface area (Å²) in [6, 6.07) is 9.97. The maximum atomic E-state index is 14.4. The fourth-order valence-electron chi connectivity index (χ4n) is 4.85. The first-order chi connectivity index (χ1) is 17.3. The standard InChI is InChI=1S/C28H28FN5O/c29-23-17-30-12-10-26(23)35-27-7-3-4-19-8-9-24(33-28(19)27)25-6-2-1-5-22-14-20(11-13-34(22)25)21-15-31-18-32-16-21/h3-9,11,13-16,23,26,30-31H,1-2,10,12,17-18H2. The maximum absolute atomic E-state index is 14.4. The first-order valence-corrected chi connectivity index (χ1v) is 12.2. The van der Waals surface area contributed by atoms with E-state index in [2.05, 4.69) is 63.2 Å². The van der Waals surface area contributed by atoms with Gasteiger partial charge in [-0.15, -0.1) is 0 Å². The van der Waals surface area contributed by atoms with Crippen molar-refractivity contribution in [2.24, 2.45) is 4.99 Å². The van der Waals surface area contributed by atoms with E-state index in [1.807, 2.05) is 30.6 Å². The monoisotopic (exact) mass is 469 g/mol. The molecule has 1 aromatic heterocycles. The van der Waals surface area contributed by atoms with E-state index < -0.39 is 12.3 Å². The third kappa shape index (κ3) is 4.39. The molecule has 6 rings (SSSR count). The largest absolute Gasteiger partial charge is 0.485 e. The van der Waals surface area contributed by atoms with Crippen LogP contribution in [0.2, 0.25) is 0 Å². The second-order valence-electron chi connectivity index (χ2n) is 9.04. The Balaban J connectivity index is 1.33. The number of pyridine rings is 1. The van der Waals surface area contributed by atoms with Gasteiger partial charge in [0.2, 0.25) is 0 Å². The predicted molar refractivity (Wildman–Crippen MR) is 137 cm³/mol. The van der Waals surface area contributed by atoms with E-state index in [-0.39, 0.29) is 0 Å². The first-order valence-electron chi connectivity index (χ1n) is 12.2. The molecular weight excluding hydrogens is 441 g/mol. The van der Waals surface area contributed by atoms with Crippen LogP contribution in [0.3, 0.4) is 0 Å². The minimum atomic E-state index is -1.03. The molecule has 0 amide bonds. The van der Waals surface area contributed by atoms with Crippen LogP contribution in [0.5, 0.6) is 5.75 Å². The molecule has 2 unspecified atom stereocenters. The van der Waals surface area contributed by atoms with Crippen molar-refractivity contribution in [2.45, 2.75) is 31.5 Å². The summed E-state index contributed by atoms with van der Waals surface area (Å²) in [6.07, 6.45) is 15.8. The van der Waals surface area contributed by atoms with Gasteiger partial charge in [-0.3, -0.25) is 4.99 Å². The van der Waals surface area contributed by atoms with E-state index in [0.29, 0.717) is 25.4 Å². The number of fused-ring (bicyclic) bond motifs is 2. The highest BCUT2D eigenvalue weighted by Crippen LogP contribution is 2.34. The average Bonchev–Trinajstić information content (AvgIpc) is 3.12. The van der Waals surface area contributed by atoms with Crippen LogP contribution in [0.1, 0.15) is 25.0 Å². The van der Waals surface area contributed by atoms with Crippen molar-refractivity contribution in [2.75, 3.05) is 19.8 Å². The van der Waals surface area contributed by atoms with Gasteiger partial charge in [0.25, 0.3) is 0 Å². The van der Waals surface area contributed by atoms with Crippen LogP contribution in [-0.2, 0) is 0 Å². The molecule has 1 saturated heterocycles. The molecule has 0 aliphatic carbocycles. The summed E-state index contributed by atoms with van der Waals surface area (Å²) >= 11 is 0. The minimum Gasteiger partial charge on any atom is -0.485 e. The highest BCUT2D eigenvalue weighted by Gasteiger charge is 2.27. The Kier molecular flexibility index (Phi) is 5.92. The molecule has 7 heteroatoms. The van der Waals surface area contributed by atoms with Crippen molar-refractivity contribution in [3.05, 3.63) is 89.6 Å². The van der Waals surface area contributed by atoms with E-state index in [0.717, 1.165) is 58.5 Å². The number of para-hydroxylation sites is 1. The van der Waals surface area contributed by atoms with Crippen LogP contribution >= 0.6 is 0 Å². The van der Waals surface area contributed by atoms with Crippen LogP contribution in [-0.4, -0.2) is 48.1 Å². The van der Waals surface area contributed by atoms with E-state index >= 15 is 0 Å². The summed E-state index contributed by atoms with van der Waals surface area (Å²) in [5, 5.41) is 7.24. The Labute approximate surface area is 204 Å². The summed E-state index contributed by atoms with van der Waals surface area (Å²) < 4.78 is 20.6. The van der Waals surface area contributed by atoms with Crippen LogP contribution in [0, 0.1) is 0 Å². The molecule has 1 fully saturated rings. The third-order valence-corrected chi connectivity index (χ3v) is 6.68. The number of allylic oxidation sites excluding steroid dienone is 6. The number of alkyl halides is 1. The van der Waals surface area contributed by atoms with Crippen molar-refractivity contribution in [3.63, 3.8) is 0 Å². The molecule has 4 aliphatic rings. The normalized spacial score (nSPS) is 24.0. The number of benzene rings is 1. The number of piperidine rings is 1. The molecule has 4 aliphatic heterocycles. The molecule has 5 heterocycles. The topological polar surface area (TPSA) is 61.8 Å². The number of aliphatic imine (C=N–C) groups is 1. The van der Waals surface area contributed by atoms with Gasteiger partial charge >= 0.3 is 0 Å². The quantitative estimate of drug-likeness (QED) is 0.685. The van der Waals surface area contributed by atoms with Gasteiger partial charge in [0.15, 0.2) is 0 Å². The number of hydrogen-bond acceptors (Lipinski definition) is 6. The van der Waals surface area contributed by atoms with Crippen molar-refractivity contribution in [1.29, 1.82) is 0 Å². The fourth-order valence-corrected chi connectivity index (χ4v) is 4.85. The number of halogens is 1. The molecule has 0 bridgehead atoms. The lowest BCUT2D eigenvalue weighted by atomic mass is 10.0. The lowest BCUT2D eigenvalue weighted by Gasteiger charge is -2.28. The van der Waals surface area contributed by atoms with E-state index in [1.54, 1.807) is 0 Å². The third-order valence-electron chi connectivity index (χ3n) is 6.68. The van der Waals surface area contributed by atoms with Crippen LogP contribution in [0.25, 0.3) is 16.6 Å². The zero-order valence-electron chi connectivity index (χ0n) is 19.5. The second kappa shape index (κ2) is 9.50. The fraction of sp³-hybridized carbons (Fsp3) is 0.286. The van der Waals surface area contributed by atoms with Gasteiger partial charge in [-0.1, -0.05) is 30.4 Å². The number of nitrogens with one attached hydrogen (secondary N) is 2. The van der Waals surface area contributed by atoms with Crippen molar-refractivity contribution < 1.29 is 9.13 Å². The van der Waals surface area contributed by atoms with Crippen LogP contribution < -0.4 is 15.4 Å². The Morgan fingerprint density at radius 3 is 2.91 bits per heavy atom. The Hall–Kier alpha value is -3.71. The zero-order chi connectivity index (χ0) is 23.6. The van der Waals surface area contributed by atoms with Crippen LogP contribution in [0.4, 0.5) is 4.39 Å². The molecule has 2 aromatic rings. The lowest BCUT2D eigenvalue weighted by Crippen LogP contribution is -2.44. The number of aromatic nitrogens is 1. The van der Waals surface area contributed by atoms with Gasteiger partial charge < -0.3 is 20.3 Å². The lowest BCUT2D eigenvalue weighted by molar-refractivity contribution is 0.0742. The molecule has 0 spiro atoms. The molecule has 0 saturated carbocycles. The molecule has 0 radical (unpaired) electrons. The summed E-state index contributed by atoms with van der Waals surface area (Å²) in [5.41, 5.74) is 5.97. The van der Waals surface area contributed by atoms with Gasteiger partial charge in [0.05, 0.1) is 11.4 Å². The first kappa shape index (κ1) is 21.8. The van der Waals surface area contributed by atoms with Gasteiger partial charge in [-0.25, -0.2) is 9.37 Å². The molecule has 6 nitrogen and oxygen atoms in total. The molecule has 35 heavy (non-hydrogen) atoms. The molecular formula is C28H28FN5O. The van der Waals surface area contributed by atoms with Crippen molar-refractivity contribution in [1.82, 2.24) is 20.5 Å². The average molecular weight is 470 g/mol. The predicted octanol–water partition coefficient (Wildman–Crippen LogP) is 4.60. The van der Waals surface area contributed by atoms with E-state index in [1.165, 1.54) is 0 Å². The molecule has 2 N–H and O–H groups in total. The van der Waals surface area contributed by atoms with Gasteiger partial charge in [0.1, 0.15) is 30.2 Å². The minimum absolute atomic E-state index is 0.325. The summed E-state index contributed by atoms with van der Waals surface area (Å²) in [5.74, 6) is 0.635. The highest BCUT2D eigenvalue weighted by atomic mass is 19.1. The summed E-state index contributed by atoms with van der Waals surface area (Å²) in [6.45, 7) is 1.70. The summed E-state index contributed by atoms with van der Waals surface area (Å²) in [7, 11) is 0. The van der Waals surface area contributed by atoms with E-state index in [4.69, 9.17) is 9.72 Å². The van der Waals surface area contributed by atoms with E-state index in [9.17, 15) is 4.39 Å². The summed E-state index contributed by atoms with van der Waals surface area (Å²) in [4.78, 5) is 11.6. The second-order valence-corrected chi connectivity index (χ2v) is 9.04. The van der Waals surface area contributed by atoms with Gasteiger partial charge in [-0.2, -0.15) is 0 Å². The number of ether oxygens (including phenoxy) is 1. The zero-order valence-corrected chi connectivity index (χ0v) is 19.5. The van der Waals surface area contributed by atoms with Gasteiger partial charge in [0, 0.05) is 41.8 Å². The van der Waals surface area contributed by atoms with Crippen molar-refractivity contribution in [3.8, 4) is 5.75 Å². The van der Waals surface area contributed by atoms with Crippen LogP contribution in [0.15, 0.2) is 88.9 Å². The molecule has 1 aromatic carbocycles. The Morgan fingerprint density at radius 2 is 2.03 bits per heavy atom. The number of hydrogen-bond donors (Lipinski definition) is 2. The molecule has 2 atom stereocenters. The van der Waals surface area contributed by atoms with Gasteiger partial charge in [-0.05, 0) is 55.7 Å². The van der Waals surface area contributed by atoms with Crippen molar-refractivity contribution >= 4 is 22.8 Å². The SMILES string of the molecule is FC1CNCCC1Oc1cccc2ccc(C3=CCCC=C4C=C(C5=CNCN=C5)C=CN43)nc12. The number of nitrogens with zero attached hydrogens (tertiary/aromatic N) is 3. The number of rotatable bonds is 4. The Bertz CT molecular complexity index is 1320. The highest BCUT2D eigenvalue weighted by molar-refractivity contribution is 5.88. The smallest absolute Gasteiger partial charge is 0.149 e. The molecule has 178 valence electrons. The maximum Gasteiger partial charge on any atom is 0.149 e. The Morgan fingerprint density at radius 1 is 1.09 bits per heavy atom.